The van der Waals surface area contributed by atoms with Crippen molar-refractivity contribution in [2.75, 3.05) is 36.5 Å². The summed E-state index contributed by atoms with van der Waals surface area (Å²) in [5.74, 6) is -0.384. The van der Waals surface area contributed by atoms with Crippen molar-refractivity contribution in [1.29, 1.82) is 0 Å². The van der Waals surface area contributed by atoms with Gasteiger partial charge in [-0.05, 0) is 66.1 Å². The topological polar surface area (TPSA) is 67.9 Å². The van der Waals surface area contributed by atoms with Gasteiger partial charge < -0.3 is 19.7 Å². The van der Waals surface area contributed by atoms with Crippen molar-refractivity contribution < 1.29 is 32.2 Å². The zero-order valence-electron chi connectivity index (χ0n) is 19.4. The number of benzene rings is 3. The molecule has 0 bridgehead atoms. The van der Waals surface area contributed by atoms with E-state index in [1.54, 1.807) is 12.1 Å². The Morgan fingerprint density at radius 3 is 2.56 bits per heavy atom. The van der Waals surface area contributed by atoms with Crippen molar-refractivity contribution in [3.8, 4) is 16.9 Å². The van der Waals surface area contributed by atoms with E-state index in [1.165, 1.54) is 12.1 Å². The van der Waals surface area contributed by atoms with E-state index < -0.39 is 17.6 Å². The molecule has 5 rings (SSSR count). The molecule has 0 spiro atoms. The van der Waals surface area contributed by atoms with Crippen LogP contribution in [0.4, 0.5) is 24.5 Å². The summed E-state index contributed by atoms with van der Waals surface area (Å²) in [5.41, 5.74) is 3.69. The van der Waals surface area contributed by atoms with Gasteiger partial charge in [0, 0.05) is 29.9 Å². The molecule has 0 radical (unpaired) electrons. The number of amides is 1. The molecule has 2 aliphatic rings. The lowest BCUT2D eigenvalue weighted by atomic mass is 9.96. The number of fused-ring (bicyclic) bond motifs is 1. The van der Waals surface area contributed by atoms with Crippen molar-refractivity contribution in [1.82, 2.24) is 0 Å². The number of alkyl halides is 3. The summed E-state index contributed by atoms with van der Waals surface area (Å²) in [4.78, 5) is 26.9. The van der Waals surface area contributed by atoms with Crippen LogP contribution in [0.25, 0.3) is 11.1 Å². The zero-order chi connectivity index (χ0) is 25.4. The Balaban J connectivity index is 1.48. The fourth-order valence-electron chi connectivity index (χ4n) is 4.47. The lowest BCUT2D eigenvalue weighted by Crippen LogP contribution is -2.36. The van der Waals surface area contributed by atoms with E-state index in [0.717, 1.165) is 40.1 Å². The van der Waals surface area contributed by atoms with E-state index >= 15 is 0 Å². The largest absolute Gasteiger partial charge is 0.424 e. The molecule has 6 nitrogen and oxygen atoms in total. The van der Waals surface area contributed by atoms with Crippen molar-refractivity contribution in [2.45, 2.75) is 19.5 Å². The Labute approximate surface area is 205 Å². The minimum Gasteiger partial charge on any atom is -0.424 e. The second-order valence-electron chi connectivity index (χ2n) is 8.80. The number of halogens is 3. The number of ether oxygens (including phenoxy) is 2. The van der Waals surface area contributed by atoms with Gasteiger partial charge in [-0.25, -0.2) is 0 Å². The van der Waals surface area contributed by atoms with Gasteiger partial charge in [-0.3, -0.25) is 9.59 Å². The molecule has 2 heterocycles. The Hall–Kier alpha value is -3.85. The quantitative estimate of drug-likeness (QED) is 0.396. The predicted octanol–water partition coefficient (Wildman–Crippen LogP) is 5.23. The van der Waals surface area contributed by atoms with Crippen LogP contribution in [0.1, 0.15) is 27.0 Å². The number of morpholine rings is 1. The molecule has 2 aliphatic heterocycles. The van der Waals surface area contributed by atoms with Gasteiger partial charge in [0.25, 0.3) is 5.91 Å². The van der Waals surface area contributed by atoms with E-state index in [9.17, 15) is 22.8 Å². The molecule has 0 aromatic heterocycles. The fourth-order valence-corrected chi connectivity index (χ4v) is 4.47. The molecule has 0 saturated carbocycles. The molecule has 1 saturated heterocycles. The number of nitrogens with zero attached hydrogens (tertiary/aromatic N) is 1. The van der Waals surface area contributed by atoms with Gasteiger partial charge in [0.1, 0.15) is 0 Å². The molecule has 9 heteroatoms. The van der Waals surface area contributed by atoms with Crippen LogP contribution in [0.3, 0.4) is 0 Å². The van der Waals surface area contributed by atoms with Crippen molar-refractivity contribution in [2.24, 2.45) is 0 Å². The number of hydrogen-bond donors (Lipinski definition) is 1. The Morgan fingerprint density at radius 2 is 1.81 bits per heavy atom. The highest BCUT2D eigenvalue weighted by atomic mass is 19.4. The van der Waals surface area contributed by atoms with Gasteiger partial charge in [0.2, 0.25) is 0 Å². The predicted molar refractivity (Wildman–Crippen MR) is 128 cm³/mol. The SMILES string of the molecule is Cc1ccc(NC(=O)c2cccc(C(F)(F)F)c2)cc1-c1cc2c(c(N3CCOCC3)c1)OC(=O)C2. The third-order valence-corrected chi connectivity index (χ3v) is 6.31. The molecule has 1 fully saturated rings. The summed E-state index contributed by atoms with van der Waals surface area (Å²) < 4.78 is 50.1. The molecule has 186 valence electrons. The normalized spacial score (nSPS) is 15.4. The second-order valence-corrected chi connectivity index (χ2v) is 8.80. The standard InChI is InChI=1S/C27H23F3N2O4/c1-16-5-6-21(31-26(34)17-3-2-4-20(12-17)27(28,29)30)15-22(16)18-11-19-14-24(33)36-25(19)23(13-18)32-7-9-35-10-8-32/h2-6,11-13,15H,7-10,14H2,1H3,(H,31,34). The van der Waals surface area contributed by atoms with Crippen molar-refractivity contribution in [3.05, 3.63) is 76.9 Å². The summed E-state index contributed by atoms with van der Waals surface area (Å²) in [6.07, 6.45) is -4.37. The molecule has 0 atom stereocenters. The number of carbonyl (C=O) groups is 2. The highest BCUT2D eigenvalue weighted by Crippen LogP contribution is 2.42. The number of esters is 1. The minimum absolute atomic E-state index is 0.0882. The molecular weight excluding hydrogens is 473 g/mol. The third kappa shape index (κ3) is 4.79. The average Bonchev–Trinajstić information content (AvgIpc) is 3.24. The van der Waals surface area contributed by atoms with Gasteiger partial charge in [-0.1, -0.05) is 12.1 Å². The van der Waals surface area contributed by atoms with Crippen molar-refractivity contribution in [3.63, 3.8) is 0 Å². The Morgan fingerprint density at radius 1 is 1.03 bits per heavy atom. The van der Waals surface area contributed by atoms with E-state index in [2.05, 4.69) is 10.2 Å². The first kappa shape index (κ1) is 23.9. The van der Waals surface area contributed by atoms with Crippen molar-refractivity contribution >= 4 is 23.3 Å². The Kier molecular flexibility index (Phi) is 6.17. The van der Waals surface area contributed by atoms with E-state index in [-0.39, 0.29) is 18.0 Å². The van der Waals surface area contributed by atoms with Gasteiger partial charge in [-0.2, -0.15) is 13.2 Å². The van der Waals surface area contributed by atoms with Crippen LogP contribution in [0.15, 0.2) is 54.6 Å². The average molecular weight is 496 g/mol. The van der Waals surface area contributed by atoms with Crippen LogP contribution >= 0.6 is 0 Å². The van der Waals surface area contributed by atoms with Crippen LogP contribution in [0.2, 0.25) is 0 Å². The smallest absolute Gasteiger partial charge is 0.416 e. The van der Waals surface area contributed by atoms with Crippen LogP contribution < -0.4 is 15.0 Å². The minimum atomic E-state index is -4.54. The molecule has 1 amide bonds. The Bertz CT molecular complexity index is 1350. The third-order valence-electron chi connectivity index (χ3n) is 6.31. The molecule has 0 unspecified atom stereocenters. The molecule has 0 aliphatic carbocycles. The number of hydrogen-bond acceptors (Lipinski definition) is 5. The summed E-state index contributed by atoms with van der Waals surface area (Å²) in [6, 6.07) is 13.5. The van der Waals surface area contributed by atoms with E-state index in [1.807, 2.05) is 25.1 Å². The monoisotopic (exact) mass is 496 g/mol. The second kappa shape index (κ2) is 9.31. The first-order valence-corrected chi connectivity index (χ1v) is 11.5. The fraction of sp³-hybridized carbons (Fsp3) is 0.259. The van der Waals surface area contributed by atoms with Crippen LogP contribution in [0, 0.1) is 6.92 Å². The zero-order valence-corrected chi connectivity index (χ0v) is 19.4. The lowest BCUT2D eigenvalue weighted by molar-refractivity contribution is -0.137. The molecule has 3 aromatic carbocycles. The molecule has 36 heavy (non-hydrogen) atoms. The van der Waals surface area contributed by atoms with Crippen LogP contribution in [-0.2, 0) is 22.1 Å². The molecular formula is C27H23F3N2O4. The van der Waals surface area contributed by atoms with Crippen LogP contribution in [0.5, 0.6) is 5.75 Å². The first-order chi connectivity index (χ1) is 17.2. The molecule has 1 N–H and O–H groups in total. The summed E-state index contributed by atoms with van der Waals surface area (Å²) in [7, 11) is 0. The van der Waals surface area contributed by atoms with E-state index in [0.29, 0.717) is 37.7 Å². The molecule has 3 aromatic rings. The maximum absolute atomic E-state index is 13.1. The lowest BCUT2D eigenvalue weighted by Gasteiger charge is -2.30. The number of aryl methyl sites for hydroxylation is 1. The first-order valence-electron chi connectivity index (χ1n) is 11.5. The number of rotatable bonds is 4. The number of carbonyl (C=O) groups excluding carboxylic acids is 2. The van der Waals surface area contributed by atoms with Gasteiger partial charge >= 0.3 is 12.1 Å². The summed E-state index contributed by atoms with van der Waals surface area (Å²) in [5, 5.41) is 2.70. The highest BCUT2D eigenvalue weighted by molar-refractivity contribution is 6.04. The summed E-state index contributed by atoms with van der Waals surface area (Å²) >= 11 is 0. The maximum Gasteiger partial charge on any atom is 0.416 e. The number of anilines is 2. The van der Waals surface area contributed by atoms with E-state index in [4.69, 9.17) is 9.47 Å². The van der Waals surface area contributed by atoms with Gasteiger partial charge in [0.05, 0.1) is 30.9 Å². The summed E-state index contributed by atoms with van der Waals surface area (Å²) in [6.45, 7) is 4.40. The maximum atomic E-state index is 13.1. The number of nitrogens with one attached hydrogen (secondary N) is 1. The van der Waals surface area contributed by atoms with Gasteiger partial charge in [0.15, 0.2) is 5.75 Å². The highest BCUT2D eigenvalue weighted by Gasteiger charge is 2.31. The van der Waals surface area contributed by atoms with Crippen LogP contribution in [-0.4, -0.2) is 38.2 Å². The van der Waals surface area contributed by atoms with Gasteiger partial charge in [-0.15, -0.1) is 0 Å².